The van der Waals surface area contributed by atoms with Gasteiger partial charge in [-0.3, -0.25) is 0 Å². The van der Waals surface area contributed by atoms with Crippen LogP contribution < -0.4 is 0 Å². The van der Waals surface area contributed by atoms with E-state index in [2.05, 4.69) is 6.07 Å². The Hall–Kier alpha value is -0.920. The Labute approximate surface area is 42.0 Å². The molecule has 1 aromatic heterocycles. The predicted molar refractivity (Wildman–Crippen MR) is 25.9 cm³/mol. The van der Waals surface area contributed by atoms with Crippen molar-refractivity contribution in [3.63, 3.8) is 0 Å². The first-order valence-corrected chi connectivity index (χ1v) is 2.02. The van der Waals surface area contributed by atoms with Crippen molar-refractivity contribution in [1.82, 2.24) is 4.57 Å². The van der Waals surface area contributed by atoms with Gasteiger partial charge < -0.3 is 9.67 Å². The summed E-state index contributed by atoms with van der Waals surface area (Å²) in [5.74, 6) is 0.250. The molecular formula is C5H6NO. The van der Waals surface area contributed by atoms with Gasteiger partial charge in [-0.1, -0.05) is 0 Å². The van der Waals surface area contributed by atoms with E-state index in [1.807, 2.05) is 0 Å². The lowest BCUT2D eigenvalue weighted by Crippen LogP contribution is -1.79. The minimum atomic E-state index is 0.250. The summed E-state index contributed by atoms with van der Waals surface area (Å²) in [6.07, 6.45) is 1.66. The summed E-state index contributed by atoms with van der Waals surface area (Å²) < 4.78 is 1.58. The van der Waals surface area contributed by atoms with Gasteiger partial charge in [-0.2, -0.15) is 0 Å². The topological polar surface area (TPSA) is 25.2 Å². The summed E-state index contributed by atoms with van der Waals surface area (Å²) in [6, 6.07) is 4.22. The standard InChI is InChI=1S/C5H6NO/c1-6-4-2-3-5(6)7/h3-4,7H,1H3. The van der Waals surface area contributed by atoms with Crippen LogP contribution in [0.5, 0.6) is 5.88 Å². The van der Waals surface area contributed by atoms with Gasteiger partial charge in [0, 0.05) is 25.4 Å². The first kappa shape index (κ1) is 4.24. The summed E-state index contributed by atoms with van der Waals surface area (Å²) in [5, 5.41) is 8.69. The van der Waals surface area contributed by atoms with Gasteiger partial charge in [0.1, 0.15) is 0 Å². The molecule has 1 rings (SSSR count). The minimum Gasteiger partial charge on any atom is -0.494 e. The van der Waals surface area contributed by atoms with Crippen molar-refractivity contribution in [3.8, 4) is 5.88 Å². The van der Waals surface area contributed by atoms with Gasteiger partial charge in [0.05, 0.1) is 0 Å². The van der Waals surface area contributed by atoms with Crippen molar-refractivity contribution >= 4 is 0 Å². The van der Waals surface area contributed by atoms with E-state index in [9.17, 15) is 0 Å². The molecule has 0 atom stereocenters. The fraction of sp³-hybridized carbons (Fsp3) is 0.200. The summed E-state index contributed by atoms with van der Waals surface area (Å²) in [6.45, 7) is 0. The van der Waals surface area contributed by atoms with Gasteiger partial charge in [-0.05, 0) is 0 Å². The van der Waals surface area contributed by atoms with E-state index in [0.717, 1.165) is 0 Å². The largest absolute Gasteiger partial charge is 0.494 e. The molecule has 0 aliphatic heterocycles. The Kier molecular flexibility index (Phi) is 0.785. The Balaban J connectivity index is 3.12. The molecule has 1 aromatic rings. The van der Waals surface area contributed by atoms with Crippen LogP contribution in [0.3, 0.4) is 0 Å². The van der Waals surface area contributed by atoms with Crippen molar-refractivity contribution < 1.29 is 5.11 Å². The highest BCUT2D eigenvalue weighted by Gasteiger charge is 1.86. The molecule has 0 fully saturated rings. The highest BCUT2D eigenvalue weighted by atomic mass is 16.3. The zero-order chi connectivity index (χ0) is 5.28. The summed E-state index contributed by atoms with van der Waals surface area (Å²) in [7, 11) is 1.76. The van der Waals surface area contributed by atoms with Crippen molar-refractivity contribution in [2.75, 3.05) is 0 Å². The molecule has 0 spiro atoms. The molecule has 0 aromatic carbocycles. The molecule has 0 saturated heterocycles. The number of nitrogens with zero attached hydrogens (tertiary/aromatic N) is 1. The second kappa shape index (κ2) is 1.30. The average Bonchev–Trinajstić information content (AvgIpc) is 1.91. The number of rotatable bonds is 0. The molecule has 7 heavy (non-hydrogen) atoms. The second-order valence-electron chi connectivity index (χ2n) is 1.41. The first-order valence-electron chi connectivity index (χ1n) is 2.02. The maximum atomic E-state index is 8.69. The van der Waals surface area contributed by atoms with Gasteiger partial charge >= 0.3 is 0 Å². The molecule has 0 amide bonds. The fourth-order valence-corrected chi connectivity index (χ4v) is 0.392. The number of hydrogen-bond acceptors (Lipinski definition) is 1. The molecule has 37 valence electrons. The van der Waals surface area contributed by atoms with Crippen LogP contribution in [0.4, 0.5) is 0 Å². The van der Waals surface area contributed by atoms with Crippen LogP contribution in [0.2, 0.25) is 0 Å². The minimum absolute atomic E-state index is 0.250. The second-order valence-corrected chi connectivity index (χ2v) is 1.41. The third-order valence-electron chi connectivity index (χ3n) is 0.842. The molecule has 1 heterocycles. The number of aromatic hydroxyl groups is 1. The van der Waals surface area contributed by atoms with E-state index in [1.54, 1.807) is 17.8 Å². The summed E-state index contributed by atoms with van der Waals surface area (Å²) in [5.41, 5.74) is 0. The molecular weight excluding hydrogens is 90.1 g/mol. The maximum absolute atomic E-state index is 8.69. The molecule has 2 heteroatoms. The zero-order valence-electron chi connectivity index (χ0n) is 4.05. The smallest absolute Gasteiger partial charge is 0.191 e. The van der Waals surface area contributed by atoms with Crippen LogP contribution in [-0.4, -0.2) is 9.67 Å². The molecule has 0 bridgehead atoms. The zero-order valence-corrected chi connectivity index (χ0v) is 4.05. The van der Waals surface area contributed by atoms with E-state index in [-0.39, 0.29) is 5.88 Å². The van der Waals surface area contributed by atoms with E-state index in [0.29, 0.717) is 0 Å². The normalized spacial score (nSPS) is 9.29. The van der Waals surface area contributed by atoms with E-state index < -0.39 is 0 Å². The lowest BCUT2D eigenvalue weighted by Gasteiger charge is -1.88. The Morgan fingerprint density at radius 1 is 1.86 bits per heavy atom. The first-order chi connectivity index (χ1) is 3.30. The predicted octanol–water partition coefficient (Wildman–Crippen LogP) is 0.531. The quantitative estimate of drug-likeness (QED) is 0.500. The molecule has 0 aliphatic carbocycles. The van der Waals surface area contributed by atoms with E-state index in [1.165, 1.54) is 6.07 Å². The summed E-state index contributed by atoms with van der Waals surface area (Å²) in [4.78, 5) is 0. The SMILES string of the molecule is Cn1c[c]cc1O. The molecule has 2 nitrogen and oxygen atoms in total. The van der Waals surface area contributed by atoms with Gasteiger partial charge in [-0.15, -0.1) is 0 Å². The third kappa shape index (κ3) is 0.585. The highest BCUT2D eigenvalue weighted by molar-refractivity contribution is 5.08. The lowest BCUT2D eigenvalue weighted by atomic mass is 10.7. The third-order valence-corrected chi connectivity index (χ3v) is 0.842. The van der Waals surface area contributed by atoms with Crippen molar-refractivity contribution in [1.29, 1.82) is 0 Å². The Morgan fingerprint density at radius 3 is 2.71 bits per heavy atom. The van der Waals surface area contributed by atoms with Gasteiger partial charge in [0.2, 0.25) is 0 Å². The molecule has 1 N–H and O–H groups in total. The molecule has 0 saturated carbocycles. The van der Waals surface area contributed by atoms with Crippen LogP contribution in [0.25, 0.3) is 0 Å². The van der Waals surface area contributed by atoms with Crippen molar-refractivity contribution in [3.05, 3.63) is 18.3 Å². The van der Waals surface area contributed by atoms with Crippen LogP contribution in [-0.2, 0) is 7.05 Å². The van der Waals surface area contributed by atoms with Crippen LogP contribution >= 0.6 is 0 Å². The maximum Gasteiger partial charge on any atom is 0.191 e. The van der Waals surface area contributed by atoms with E-state index in [4.69, 9.17) is 5.11 Å². The Bertz CT molecular complexity index is 140. The van der Waals surface area contributed by atoms with Gasteiger partial charge in [0.25, 0.3) is 0 Å². The number of aromatic nitrogens is 1. The van der Waals surface area contributed by atoms with Gasteiger partial charge in [0.15, 0.2) is 5.88 Å². The van der Waals surface area contributed by atoms with E-state index >= 15 is 0 Å². The van der Waals surface area contributed by atoms with Crippen LogP contribution in [0, 0.1) is 6.07 Å². The van der Waals surface area contributed by atoms with Crippen molar-refractivity contribution in [2.45, 2.75) is 0 Å². The monoisotopic (exact) mass is 96.0 g/mol. The lowest BCUT2D eigenvalue weighted by molar-refractivity contribution is 0.432. The molecule has 0 unspecified atom stereocenters. The Morgan fingerprint density at radius 2 is 2.57 bits per heavy atom. The van der Waals surface area contributed by atoms with Crippen molar-refractivity contribution in [2.24, 2.45) is 7.05 Å². The molecule has 0 aliphatic rings. The summed E-state index contributed by atoms with van der Waals surface area (Å²) >= 11 is 0. The molecule has 1 radical (unpaired) electrons. The number of aryl methyl sites for hydroxylation is 1. The van der Waals surface area contributed by atoms with Gasteiger partial charge in [-0.25, -0.2) is 0 Å². The highest BCUT2D eigenvalue weighted by Crippen LogP contribution is 2.03. The van der Waals surface area contributed by atoms with Crippen LogP contribution in [0.15, 0.2) is 12.3 Å². The number of hydrogen-bond donors (Lipinski definition) is 1. The fourth-order valence-electron chi connectivity index (χ4n) is 0.392. The van der Waals surface area contributed by atoms with Crippen LogP contribution in [0.1, 0.15) is 0 Å². The average molecular weight is 96.1 g/mol.